The molecule has 0 spiro atoms. The maximum absolute atomic E-state index is 9.91. The molecule has 7 aromatic carbocycles. The molecule has 0 bridgehead atoms. The van der Waals surface area contributed by atoms with E-state index in [0.29, 0.717) is 28.6 Å². The fourth-order valence-corrected chi connectivity index (χ4v) is 6.96. The van der Waals surface area contributed by atoms with Crippen molar-refractivity contribution in [2.75, 3.05) is 0 Å². The van der Waals surface area contributed by atoms with E-state index < -0.39 is 0 Å². The molecule has 6 heteroatoms. The number of aromatic nitrogens is 4. The third-order valence-corrected chi connectivity index (χ3v) is 9.44. The van der Waals surface area contributed by atoms with Gasteiger partial charge in [0.15, 0.2) is 17.5 Å². The molecule has 246 valence electrons. The van der Waals surface area contributed by atoms with Crippen LogP contribution in [0.2, 0.25) is 0 Å². The van der Waals surface area contributed by atoms with E-state index in [1.165, 1.54) is 0 Å². The standard InChI is InChI=1S/C47H28N6/c48-29-31-22-32(30-49)24-37(23-31)38-25-39(47-51-45(34-14-6-2-7-15-34)50-46(52-47)35-16-8-3-9-17-35)27-40(26-38)53-43-19-11-10-18-41(43)42-21-20-36(28-44(42)53)33-12-4-1-5-13-33/h1-28H. The van der Waals surface area contributed by atoms with Crippen molar-refractivity contribution in [2.24, 2.45) is 0 Å². The van der Waals surface area contributed by atoms with Crippen molar-refractivity contribution >= 4 is 21.8 Å². The molecule has 0 saturated heterocycles. The van der Waals surface area contributed by atoms with Crippen molar-refractivity contribution in [2.45, 2.75) is 0 Å². The molecule has 0 N–H and O–H groups in total. The summed E-state index contributed by atoms with van der Waals surface area (Å²) in [6.07, 6.45) is 0. The van der Waals surface area contributed by atoms with Crippen LogP contribution in [0.15, 0.2) is 170 Å². The van der Waals surface area contributed by atoms with Crippen LogP contribution in [-0.2, 0) is 0 Å². The molecule has 0 fully saturated rings. The third-order valence-electron chi connectivity index (χ3n) is 9.44. The Morgan fingerprint density at radius 3 is 1.45 bits per heavy atom. The molecule has 2 aromatic heterocycles. The predicted octanol–water partition coefficient (Wildman–Crippen LogP) is 11.0. The average Bonchev–Trinajstić information content (AvgIpc) is 3.57. The van der Waals surface area contributed by atoms with Gasteiger partial charge in [-0.15, -0.1) is 0 Å². The maximum atomic E-state index is 9.91. The smallest absolute Gasteiger partial charge is 0.164 e. The van der Waals surface area contributed by atoms with Crippen LogP contribution >= 0.6 is 0 Å². The zero-order valence-corrected chi connectivity index (χ0v) is 28.3. The lowest BCUT2D eigenvalue weighted by atomic mass is 9.97. The summed E-state index contributed by atoms with van der Waals surface area (Å²) in [5.74, 6) is 1.62. The van der Waals surface area contributed by atoms with Gasteiger partial charge in [-0.2, -0.15) is 10.5 Å². The fraction of sp³-hybridized carbons (Fsp3) is 0. The van der Waals surface area contributed by atoms with Crippen LogP contribution in [0.1, 0.15) is 11.1 Å². The molecule has 0 atom stereocenters. The first-order valence-electron chi connectivity index (χ1n) is 17.2. The highest BCUT2D eigenvalue weighted by Crippen LogP contribution is 2.38. The molecular weight excluding hydrogens is 649 g/mol. The van der Waals surface area contributed by atoms with Crippen molar-refractivity contribution in [3.8, 4) is 74.2 Å². The molecule has 9 rings (SSSR count). The highest BCUT2D eigenvalue weighted by Gasteiger charge is 2.18. The summed E-state index contributed by atoms with van der Waals surface area (Å²) in [5, 5.41) is 22.1. The van der Waals surface area contributed by atoms with Crippen molar-refractivity contribution in [1.29, 1.82) is 10.5 Å². The van der Waals surface area contributed by atoms with Crippen LogP contribution in [-0.4, -0.2) is 19.5 Å². The van der Waals surface area contributed by atoms with E-state index in [4.69, 9.17) is 15.0 Å². The Labute approximate surface area is 306 Å². The van der Waals surface area contributed by atoms with Gasteiger partial charge in [-0.05, 0) is 70.8 Å². The molecule has 0 amide bonds. The summed E-state index contributed by atoms with van der Waals surface area (Å²) in [6.45, 7) is 0. The Morgan fingerprint density at radius 2 is 0.849 bits per heavy atom. The first-order chi connectivity index (χ1) is 26.1. The molecule has 0 unspecified atom stereocenters. The molecule has 0 aliphatic rings. The SMILES string of the molecule is N#Cc1cc(C#N)cc(-c2cc(-c3nc(-c4ccccc4)nc(-c4ccccc4)n3)cc(-n3c4ccccc4c4ccc(-c5ccccc5)cc43)c2)c1. The zero-order chi connectivity index (χ0) is 35.7. The van der Waals surface area contributed by atoms with Gasteiger partial charge in [0.2, 0.25) is 0 Å². The lowest BCUT2D eigenvalue weighted by Crippen LogP contribution is -2.02. The molecule has 9 aromatic rings. The molecule has 0 saturated carbocycles. The number of benzene rings is 7. The summed E-state index contributed by atoms with van der Waals surface area (Å²) in [7, 11) is 0. The normalized spacial score (nSPS) is 11.0. The number of hydrogen-bond donors (Lipinski definition) is 0. The molecule has 53 heavy (non-hydrogen) atoms. The number of rotatable bonds is 6. The van der Waals surface area contributed by atoms with Crippen molar-refractivity contribution < 1.29 is 0 Å². The highest BCUT2D eigenvalue weighted by molar-refractivity contribution is 6.10. The van der Waals surface area contributed by atoms with E-state index in [1.54, 1.807) is 6.07 Å². The van der Waals surface area contributed by atoms with Crippen LogP contribution in [0.5, 0.6) is 0 Å². The quantitative estimate of drug-likeness (QED) is 0.175. The minimum atomic E-state index is 0.410. The van der Waals surface area contributed by atoms with E-state index in [2.05, 4.69) is 95.6 Å². The molecule has 2 heterocycles. The van der Waals surface area contributed by atoms with Crippen molar-refractivity contribution in [1.82, 2.24) is 19.5 Å². The molecule has 0 aliphatic carbocycles. The number of nitrogens with zero attached hydrogens (tertiary/aromatic N) is 6. The van der Waals surface area contributed by atoms with Crippen molar-refractivity contribution in [3.63, 3.8) is 0 Å². The number of hydrogen-bond acceptors (Lipinski definition) is 5. The van der Waals surface area contributed by atoms with Crippen LogP contribution < -0.4 is 0 Å². The third kappa shape index (κ3) is 5.87. The Hall–Kier alpha value is -7.67. The highest BCUT2D eigenvalue weighted by atomic mass is 15.0. The summed E-state index contributed by atoms with van der Waals surface area (Å²) >= 11 is 0. The van der Waals surface area contributed by atoms with Gasteiger partial charge in [0.05, 0.1) is 34.3 Å². The zero-order valence-electron chi connectivity index (χ0n) is 28.3. The van der Waals surface area contributed by atoms with E-state index in [-0.39, 0.29) is 0 Å². The van der Waals surface area contributed by atoms with Crippen LogP contribution in [0.4, 0.5) is 0 Å². The van der Waals surface area contributed by atoms with Gasteiger partial charge >= 0.3 is 0 Å². The Kier molecular flexibility index (Phi) is 7.82. The first kappa shape index (κ1) is 31.3. The number of para-hydroxylation sites is 1. The number of fused-ring (bicyclic) bond motifs is 3. The van der Waals surface area contributed by atoms with Gasteiger partial charge in [-0.3, -0.25) is 0 Å². The maximum Gasteiger partial charge on any atom is 0.164 e. The second-order valence-corrected chi connectivity index (χ2v) is 12.8. The van der Waals surface area contributed by atoms with Gasteiger partial charge in [0.1, 0.15) is 0 Å². The molecule has 0 aliphatic heterocycles. The largest absolute Gasteiger partial charge is 0.309 e. The number of nitriles is 2. The monoisotopic (exact) mass is 676 g/mol. The predicted molar refractivity (Wildman–Crippen MR) is 211 cm³/mol. The van der Waals surface area contributed by atoms with Crippen molar-refractivity contribution in [3.05, 3.63) is 181 Å². The van der Waals surface area contributed by atoms with Crippen LogP contribution in [0.25, 0.3) is 83.9 Å². The topological polar surface area (TPSA) is 91.2 Å². The summed E-state index contributed by atoms with van der Waals surface area (Å²) in [5.41, 5.74) is 10.1. The summed E-state index contributed by atoms with van der Waals surface area (Å²) in [6, 6.07) is 61.2. The molecule has 6 nitrogen and oxygen atoms in total. The van der Waals surface area contributed by atoms with Gasteiger partial charge in [-0.1, -0.05) is 121 Å². The Bertz CT molecular complexity index is 2810. The van der Waals surface area contributed by atoms with E-state index in [9.17, 15) is 10.5 Å². The Balaban J connectivity index is 1.35. The average molecular weight is 677 g/mol. The fourth-order valence-electron chi connectivity index (χ4n) is 6.96. The van der Waals surface area contributed by atoms with E-state index in [1.807, 2.05) is 84.9 Å². The van der Waals surface area contributed by atoms with Gasteiger partial charge in [-0.25, -0.2) is 15.0 Å². The van der Waals surface area contributed by atoms with E-state index >= 15 is 0 Å². The first-order valence-corrected chi connectivity index (χ1v) is 17.2. The second kappa shape index (κ2) is 13.2. The molecular formula is C47H28N6. The van der Waals surface area contributed by atoms with Crippen LogP contribution in [0, 0.1) is 22.7 Å². The van der Waals surface area contributed by atoms with Gasteiger partial charge < -0.3 is 4.57 Å². The van der Waals surface area contributed by atoms with Crippen LogP contribution in [0.3, 0.4) is 0 Å². The second-order valence-electron chi connectivity index (χ2n) is 12.8. The van der Waals surface area contributed by atoms with E-state index in [0.717, 1.165) is 66.4 Å². The van der Waals surface area contributed by atoms with Gasteiger partial charge in [0.25, 0.3) is 0 Å². The lowest BCUT2D eigenvalue weighted by Gasteiger charge is -2.15. The summed E-state index contributed by atoms with van der Waals surface area (Å²) in [4.78, 5) is 15.1. The van der Waals surface area contributed by atoms with Gasteiger partial charge in [0, 0.05) is 33.2 Å². The molecule has 0 radical (unpaired) electrons. The minimum Gasteiger partial charge on any atom is -0.309 e. The minimum absolute atomic E-state index is 0.410. The summed E-state index contributed by atoms with van der Waals surface area (Å²) < 4.78 is 2.28. The lowest BCUT2D eigenvalue weighted by molar-refractivity contribution is 1.07. The Morgan fingerprint density at radius 1 is 0.358 bits per heavy atom.